The summed E-state index contributed by atoms with van der Waals surface area (Å²) in [5, 5.41) is 0. The zero-order valence-electron chi connectivity index (χ0n) is 14.8. The Hall–Kier alpha value is -1.01. The van der Waals surface area contributed by atoms with Crippen LogP contribution in [0, 0.1) is 11.8 Å². The topological polar surface area (TPSA) is 35.5 Å². The average Bonchev–Trinajstić information content (AvgIpc) is 2.54. The molecule has 0 amide bonds. The first kappa shape index (κ1) is 21.0. The molecule has 128 valence electrons. The van der Waals surface area contributed by atoms with Gasteiger partial charge in [0, 0.05) is 19.4 Å². The lowest BCUT2D eigenvalue weighted by Gasteiger charge is -2.11. The number of carbonyl (C=O) groups is 1. The molecule has 0 aliphatic rings. The Kier molecular flexibility index (Phi) is 15.6. The molecule has 0 spiro atoms. The van der Waals surface area contributed by atoms with E-state index >= 15 is 0 Å². The van der Waals surface area contributed by atoms with Gasteiger partial charge in [-0.05, 0) is 19.3 Å². The van der Waals surface area contributed by atoms with E-state index in [9.17, 15) is 4.79 Å². The lowest BCUT2D eigenvalue weighted by molar-refractivity contribution is -0.141. The molecule has 0 aliphatic heterocycles. The summed E-state index contributed by atoms with van der Waals surface area (Å²) in [6, 6.07) is 0. The van der Waals surface area contributed by atoms with Crippen LogP contribution >= 0.6 is 0 Å². The minimum Gasteiger partial charge on any atom is -0.469 e. The lowest BCUT2D eigenvalue weighted by Crippen LogP contribution is -2.14. The summed E-state index contributed by atoms with van der Waals surface area (Å²) < 4.78 is 10.4. The molecule has 22 heavy (non-hydrogen) atoms. The molecule has 0 rings (SSSR count). The second kappa shape index (κ2) is 16.4. The highest BCUT2D eigenvalue weighted by molar-refractivity contribution is 5.69. The molecule has 0 saturated heterocycles. The van der Waals surface area contributed by atoms with Gasteiger partial charge in [0.05, 0.1) is 7.11 Å². The largest absolute Gasteiger partial charge is 0.469 e. The van der Waals surface area contributed by atoms with Crippen LogP contribution < -0.4 is 0 Å². The van der Waals surface area contributed by atoms with Gasteiger partial charge in [-0.3, -0.25) is 4.79 Å². The van der Waals surface area contributed by atoms with Crippen molar-refractivity contribution in [1.82, 2.24) is 0 Å². The molecule has 0 bridgehead atoms. The van der Waals surface area contributed by atoms with Crippen LogP contribution in [0.5, 0.6) is 0 Å². The van der Waals surface area contributed by atoms with Crippen molar-refractivity contribution in [3.8, 4) is 11.8 Å². The summed E-state index contributed by atoms with van der Waals surface area (Å²) in [4.78, 5) is 11.2. The fourth-order valence-electron chi connectivity index (χ4n) is 2.10. The maximum absolute atomic E-state index is 11.2. The fourth-order valence-corrected chi connectivity index (χ4v) is 2.10. The first-order valence-electron chi connectivity index (χ1n) is 8.91. The van der Waals surface area contributed by atoms with Crippen LogP contribution in [-0.4, -0.2) is 25.8 Å². The highest BCUT2D eigenvalue weighted by atomic mass is 16.5. The van der Waals surface area contributed by atoms with Crippen LogP contribution in [-0.2, 0) is 14.3 Å². The Bertz CT molecular complexity index is 314. The van der Waals surface area contributed by atoms with Crippen molar-refractivity contribution in [1.29, 1.82) is 0 Å². The molecular formula is C19H34O3. The maximum atomic E-state index is 11.2. The predicted octanol–water partition coefficient (Wildman–Crippen LogP) is 4.88. The van der Waals surface area contributed by atoms with Crippen LogP contribution in [0.1, 0.15) is 84.5 Å². The lowest BCUT2D eigenvalue weighted by atomic mass is 10.1. The minimum atomic E-state index is -0.193. The van der Waals surface area contributed by atoms with Crippen molar-refractivity contribution >= 4 is 5.97 Å². The van der Waals surface area contributed by atoms with Gasteiger partial charge < -0.3 is 9.47 Å². The molecule has 0 unspecified atom stereocenters. The van der Waals surface area contributed by atoms with E-state index < -0.39 is 0 Å². The van der Waals surface area contributed by atoms with Crippen molar-refractivity contribution in [3.05, 3.63) is 0 Å². The molecule has 0 aromatic heterocycles. The molecule has 0 N–H and O–H groups in total. The van der Waals surface area contributed by atoms with Crippen molar-refractivity contribution < 1.29 is 14.3 Å². The van der Waals surface area contributed by atoms with E-state index in [4.69, 9.17) is 4.74 Å². The highest BCUT2D eigenvalue weighted by Gasteiger charge is 2.09. The maximum Gasteiger partial charge on any atom is 0.305 e. The summed E-state index contributed by atoms with van der Waals surface area (Å²) in [5.74, 6) is 6.21. The monoisotopic (exact) mass is 310 g/mol. The standard InChI is InChI=1S/C19H34O3/c1-4-6-8-9-10-11-12-13-14-18(22-17-7-5-2)15-16-19(20)21-3/h18H,4-12,15-17H2,1-3H3/t18-/m1/s1. The number of esters is 1. The molecule has 1 atom stereocenters. The average molecular weight is 310 g/mol. The first-order chi connectivity index (χ1) is 10.7. The van der Waals surface area contributed by atoms with Crippen molar-refractivity contribution in [2.24, 2.45) is 0 Å². The van der Waals surface area contributed by atoms with Crippen LogP contribution in [0.15, 0.2) is 0 Å². The summed E-state index contributed by atoms with van der Waals surface area (Å²) in [5.41, 5.74) is 0. The second-order valence-electron chi connectivity index (χ2n) is 5.67. The quantitative estimate of drug-likeness (QED) is 0.276. The van der Waals surface area contributed by atoms with Crippen molar-refractivity contribution in [2.75, 3.05) is 13.7 Å². The van der Waals surface area contributed by atoms with Gasteiger partial charge in [0.15, 0.2) is 0 Å². The van der Waals surface area contributed by atoms with E-state index in [0.717, 1.165) is 25.7 Å². The molecule has 3 heteroatoms. The van der Waals surface area contributed by atoms with Crippen molar-refractivity contribution in [2.45, 2.75) is 90.6 Å². The van der Waals surface area contributed by atoms with Crippen molar-refractivity contribution in [3.63, 3.8) is 0 Å². The Morgan fingerprint density at radius 1 is 1.00 bits per heavy atom. The van der Waals surface area contributed by atoms with Gasteiger partial charge in [0.2, 0.25) is 0 Å². The highest BCUT2D eigenvalue weighted by Crippen LogP contribution is 2.07. The summed E-state index contributed by atoms with van der Waals surface area (Å²) in [6.45, 7) is 5.09. The molecular weight excluding hydrogens is 276 g/mol. The summed E-state index contributed by atoms with van der Waals surface area (Å²) in [7, 11) is 1.42. The molecule has 0 aromatic carbocycles. The van der Waals surface area contributed by atoms with E-state index in [-0.39, 0.29) is 12.1 Å². The van der Waals surface area contributed by atoms with Gasteiger partial charge in [0.25, 0.3) is 0 Å². The van der Waals surface area contributed by atoms with Crippen LogP contribution in [0.2, 0.25) is 0 Å². The molecule has 0 heterocycles. The number of rotatable bonds is 13. The van der Waals surface area contributed by atoms with Gasteiger partial charge in [0.1, 0.15) is 6.10 Å². The number of ether oxygens (including phenoxy) is 2. The first-order valence-corrected chi connectivity index (χ1v) is 8.91. The zero-order chi connectivity index (χ0) is 16.5. The van der Waals surface area contributed by atoms with E-state index in [2.05, 4.69) is 30.4 Å². The van der Waals surface area contributed by atoms with Crippen LogP contribution in [0.3, 0.4) is 0 Å². The van der Waals surface area contributed by atoms with Gasteiger partial charge in [-0.2, -0.15) is 0 Å². The smallest absolute Gasteiger partial charge is 0.305 e. The number of methoxy groups -OCH3 is 1. The number of hydrogen-bond acceptors (Lipinski definition) is 3. The van der Waals surface area contributed by atoms with E-state index in [1.54, 1.807) is 0 Å². The molecule has 0 fully saturated rings. The van der Waals surface area contributed by atoms with Gasteiger partial charge >= 0.3 is 5.97 Å². The van der Waals surface area contributed by atoms with Gasteiger partial charge in [-0.1, -0.05) is 58.3 Å². The van der Waals surface area contributed by atoms with E-state index in [1.165, 1.54) is 39.2 Å². The second-order valence-corrected chi connectivity index (χ2v) is 5.67. The molecule has 0 radical (unpaired) electrons. The molecule has 0 saturated carbocycles. The van der Waals surface area contributed by atoms with Crippen LogP contribution in [0.25, 0.3) is 0 Å². The zero-order valence-corrected chi connectivity index (χ0v) is 14.8. The minimum absolute atomic E-state index is 0.134. The normalized spacial score (nSPS) is 11.6. The third-order valence-corrected chi connectivity index (χ3v) is 3.57. The fraction of sp³-hybridized carbons (Fsp3) is 0.842. The van der Waals surface area contributed by atoms with E-state index in [1.807, 2.05) is 0 Å². The number of unbranched alkanes of at least 4 members (excludes halogenated alkanes) is 7. The Morgan fingerprint density at radius 2 is 1.68 bits per heavy atom. The summed E-state index contributed by atoms with van der Waals surface area (Å²) in [6.07, 6.45) is 11.6. The third-order valence-electron chi connectivity index (χ3n) is 3.57. The molecule has 0 aromatic rings. The van der Waals surface area contributed by atoms with Gasteiger partial charge in [-0.15, -0.1) is 5.92 Å². The van der Waals surface area contributed by atoms with Crippen LogP contribution in [0.4, 0.5) is 0 Å². The van der Waals surface area contributed by atoms with E-state index in [0.29, 0.717) is 19.4 Å². The Morgan fingerprint density at radius 3 is 2.36 bits per heavy atom. The molecule has 3 nitrogen and oxygen atoms in total. The number of hydrogen-bond donors (Lipinski definition) is 0. The SMILES string of the molecule is CCCCCCCCC#C[C@H](CCC(=O)OC)OCCCC. The Balaban J connectivity index is 3.94. The van der Waals surface area contributed by atoms with Gasteiger partial charge in [-0.25, -0.2) is 0 Å². The third kappa shape index (κ3) is 13.9. The molecule has 0 aliphatic carbocycles. The predicted molar refractivity (Wildman–Crippen MR) is 91.7 cm³/mol. The number of carbonyl (C=O) groups excluding carboxylic acids is 1. The summed E-state index contributed by atoms with van der Waals surface area (Å²) >= 11 is 0. The Labute approximate surface area is 137 Å².